The third-order valence-electron chi connectivity index (χ3n) is 4.56. The molecule has 0 aromatic heterocycles. The number of sulfone groups is 1. The van der Waals surface area contributed by atoms with Gasteiger partial charge in [0.15, 0.2) is 0 Å². The van der Waals surface area contributed by atoms with Gasteiger partial charge in [0, 0.05) is 0 Å². The lowest BCUT2D eigenvalue weighted by Crippen LogP contribution is -2.23. The molecule has 11 heteroatoms. The van der Waals surface area contributed by atoms with Crippen LogP contribution in [0.5, 0.6) is 0 Å². The van der Waals surface area contributed by atoms with Crippen LogP contribution in [0.3, 0.4) is 0 Å². The van der Waals surface area contributed by atoms with Gasteiger partial charge in [-0.15, -0.1) is 0 Å². The van der Waals surface area contributed by atoms with Crippen molar-refractivity contribution in [2.24, 2.45) is 0 Å². The zero-order valence-corrected chi connectivity index (χ0v) is 18.6. The van der Waals surface area contributed by atoms with Crippen LogP contribution in [0.25, 0.3) is 0 Å². The monoisotopic (exact) mass is 500 g/mol. The van der Waals surface area contributed by atoms with E-state index in [1.165, 1.54) is 12.1 Å². The number of nitrogens with one attached hydrogen (secondary N) is 2. The highest BCUT2D eigenvalue weighted by atomic mass is 35.5. The predicted octanol–water partition coefficient (Wildman–Crippen LogP) is 5.69. The van der Waals surface area contributed by atoms with Crippen molar-refractivity contribution in [3.8, 4) is 0 Å². The van der Waals surface area contributed by atoms with Crippen LogP contribution in [-0.2, 0) is 20.8 Å². The lowest BCUT2D eigenvalue weighted by Gasteiger charge is -2.15. The number of halogens is 5. The van der Waals surface area contributed by atoms with Gasteiger partial charge in [0.2, 0.25) is 15.7 Å². The normalized spacial score (nSPS) is 11.8. The van der Waals surface area contributed by atoms with E-state index in [-0.39, 0.29) is 26.2 Å². The summed E-state index contributed by atoms with van der Waals surface area (Å²) in [7, 11) is -4.05. The summed E-state index contributed by atoms with van der Waals surface area (Å²) in [5, 5.41) is 4.87. The molecule has 3 aromatic carbocycles. The number of hydrogen-bond donors (Lipinski definition) is 2. The lowest BCUT2D eigenvalue weighted by atomic mass is 10.2. The highest BCUT2D eigenvalue weighted by molar-refractivity contribution is 7.91. The quantitative estimate of drug-likeness (QED) is 0.337. The molecule has 0 aliphatic carbocycles. The van der Waals surface area contributed by atoms with Crippen molar-refractivity contribution in [1.82, 2.24) is 0 Å². The summed E-state index contributed by atoms with van der Waals surface area (Å²) in [6.07, 6.45) is -4.62. The number of aryl methyl sites for hydroxylation is 1. The fourth-order valence-electron chi connectivity index (χ4n) is 2.91. The maximum absolute atomic E-state index is 13.2. The molecule has 0 heterocycles. The summed E-state index contributed by atoms with van der Waals surface area (Å²) in [6, 6.07) is 11.3. The van der Waals surface area contributed by atoms with E-state index in [1.54, 1.807) is 13.0 Å². The number of hydrogen-bond acceptors (Lipinski definition) is 4. The molecule has 2 N–H and O–H groups in total. The summed E-state index contributed by atoms with van der Waals surface area (Å²) in [6.45, 7) is 1.22. The first kappa shape index (κ1) is 24.5. The first-order valence-corrected chi connectivity index (χ1v) is 11.3. The Bertz CT molecular complexity index is 1290. The van der Waals surface area contributed by atoms with Gasteiger partial charge in [-0.05, 0) is 67.1 Å². The van der Waals surface area contributed by atoms with E-state index >= 15 is 0 Å². The third kappa shape index (κ3) is 5.82. The first-order chi connectivity index (χ1) is 15.4. The lowest BCUT2D eigenvalue weighted by molar-refractivity contribution is -0.137. The second-order valence-electron chi connectivity index (χ2n) is 7.05. The minimum absolute atomic E-state index is 0.0914. The van der Waals surface area contributed by atoms with Crippen molar-refractivity contribution in [3.63, 3.8) is 0 Å². The van der Waals surface area contributed by atoms with Crippen LogP contribution >= 0.6 is 11.6 Å². The van der Waals surface area contributed by atoms with E-state index in [2.05, 4.69) is 10.6 Å². The van der Waals surface area contributed by atoms with Gasteiger partial charge in [0.1, 0.15) is 5.82 Å². The third-order valence-corrected chi connectivity index (χ3v) is 6.70. The van der Waals surface area contributed by atoms with Gasteiger partial charge in [-0.3, -0.25) is 4.79 Å². The second kappa shape index (κ2) is 9.40. The molecule has 0 atom stereocenters. The van der Waals surface area contributed by atoms with Crippen molar-refractivity contribution < 1.29 is 30.8 Å². The maximum Gasteiger partial charge on any atom is 0.416 e. The zero-order chi connectivity index (χ0) is 24.4. The summed E-state index contributed by atoms with van der Waals surface area (Å²) >= 11 is 5.88. The number of amides is 1. The zero-order valence-electron chi connectivity index (χ0n) is 17.0. The van der Waals surface area contributed by atoms with Crippen LogP contribution in [0, 0.1) is 12.7 Å². The molecule has 0 aliphatic heterocycles. The fraction of sp³-hybridized carbons (Fsp3) is 0.136. The van der Waals surface area contributed by atoms with E-state index in [0.29, 0.717) is 11.6 Å². The van der Waals surface area contributed by atoms with Gasteiger partial charge in [0.25, 0.3) is 0 Å². The SMILES string of the molecule is Cc1ccc(NCC(=O)Nc2cc(C(F)(F)F)ccc2Cl)c(S(=O)(=O)c2ccc(F)cc2)c1. The first-order valence-electron chi connectivity index (χ1n) is 9.40. The molecular formula is C22H17ClF4N2O3S. The topological polar surface area (TPSA) is 75.3 Å². The Kier molecular flexibility index (Phi) is 6.99. The largest absolute Gasteiger partial charge is 0.416 e. The molecule has 0 spiro atoms. The number of alkyl halides is 3. The van der Waals surface area contributed by atoms with Crippen molar-refractivity contribution in [2.45, 2.75) is 22.9 Å². The Morgan fingerprint density at radius 3 is 2.27 bits per heavy atom. The molecule has 33 heavy (non-hydrogen) atoms. The van der Waals surface area contributed by atoms with Crippen LogP contribution in [-0.4, -0.2) is 20.9 Å². The molecule has 0 saturated heterocycles. The van der Waals surface area contributed by atoms with Crippen LogP contribution < -0.4 is 10.6 Å². The standard InChI is InChI=1S/C22H17ClF4N2O3S/c1-13-2-9-18(20(10-13)33(31,32)16-6-4-15(24)5-7-16)28-12-21(30)29-19-11-14(22(25,26)27)3-8-17(19)23/h2-11,28H,12H2,1H3,(H,29,30). The molecule has 5 nitrogen and oxygen atoms in total. The molecule has 0 radical (unpaired) electrons. The molecule has 3 rings (SSSR count). The second-order valence-corrected chi connectivity index (χ2v) is 9.38. The number of anilines is 2. The predicted molar refractivity (Wildman–Crippen MR) is 117 cm³/mol. The van der Waals surface area contributed by atoms with Gasteiger partial charge >= 0.3 is 6.18 Å². The Labute approximate surface area is 192 Å². The molecular weight excluding hydrogens is 484 g/mol. The molecule has 0 unspecified atom stereocenters. The highest BCUT2D eigenvalue weighted by Gasteiger charge is 2.31. The van der Waals surface area contributed by atoms with E-state index in [9.17, 15) is 30.8 Å². The summed E-state index contributed by atoms with van der Waals surface area (Å²) in [5.74, 6) is -1.34. The summed E-state index contributed by atoms with van der Waals surface area (Å²) < 4.78 is 78.0. The fourth-order valence-corrected chi connectivity index (χ4v) is 4.59. The molecule has 0 fully saturated rings. The Morgan fingerprint density at radius 1 is 0.970 bits per heavy atom. The van der Waals surface area contributed by atoms with Gasteiger partial charge in [0.05, 0.1) is 38.3 Å². The van der Waals surface area contributed by atoms with Crippen LogP contribution in [0.1, 0.15) is 11.1 Å². The van der Waals surface area contributed by atoms with E-state index in [4.69, 9.17) is 11.6 Å². The number of carbonyl (C=O) groups excluding carboxylic acids is 1. The average molecular weight is 501 g/mol. The Morgan fingerprint density at radius 2 is 1.64 bits per heavy atom. The van der Waals surface area contributed by atoms with Crippen LogP contribution in [0.4, 0.5) is 28.9 Å². The van der Waals surface area contributed by atoms with Crippen molar-refractivity contribution in [2.75, 3.05) is 17.2 Å². The summed E-state index contributed by atoms with van der Waals surface area (Å²) in [5.41, 5.74) is -0.501. The molecule has 0 aliphatic rings. The number of benzene rings is 3. The van der Waals surface area contributed by atoms with E-state index in [1.807, 2.05) is 0 Å². The minimum atomic E-state index is -4.62. The summed E-state index contributed by atoms with van der Waals surface area (Å²) in [4.78, 5) is 12.0. The smallest absolute Gasteiger partial charge is 0.375 e. The van der Waals surface area contributed by atoms with Gasteiger partial charge in [-0.25, -0.2) is 12.8 Å². The van der Waals surface area contributed by atoms with Gasteiger partial charge in [-0.1, -0.05) is 17.7 Å². The molecule has 0 saturated carbocycles. The van der Waals surface area contributed by atoms with Crippen molar-refractivity contribution in [3.05, 3.63) is 82.6 Å². The van der Waals surface area contributed by atoms with E-state index in [0.717, 1.165) is 36.4 Å². The van der Waals surface area contributed by atoms with Crippen LogP contribution in [0.2, 0.25) is 5.02 Å². The van der Waals surface area contributed by atoms with Crippen LogP contribution in [0.15, 0.2) is 70.5 Å². The highest BCUT2D eigenvalue weighted by Crippen LogP contribution is 2.34. The molecule has 1 amide bonds. The van der Waals surface area contributed by atoms with Crippen molar-refractivity contribution in [1.29, 1.82) is 0 Å². The van der Waals surface area contributed by atoms with Gasteiger partial charge < -0.3 is 10.6 Å². The van der Waals surface area contributed by atoms with Gasteiger partial charge in [-0.2, -0.15) is 13.2 Å². The Hall–Kier alpha value is -3.11. The molecule has 3 aromatic rings. The van der Waals surface area contributed by atoms with Crippen molar-refractivity contribution >= 4 is 38.7 Å². The maximum atomic E-state index is 13.2. The molecule has 0 bridgehead atoms. The Balaban J connectivity index is 1.82. The number of carbonyl (C=O) groups is 1. The van der Waals surface area contributed by atoms with E-state index < -0.39 is 39.8 Å². The number of rotatable bonds is 6. The average Bonchev–Trinajstić information content (AvgIpc) is 2.74. The molecule has 174 valence electrons. The minimum Gasteiger partial charge on any atom is -0.375 e.